The van der Waals surface area contributed by atoms with Crippen molar-refractivity contribution in [3.63, 3.8) is 0 Å². The molecule has 0 aromatic rings. The van der Waals surface area contributed by atoms with Crippen LogP contribution in [0, 0.1) is 17.3 Å². The van der Waals surface area contributed by atoms with Crippen LogP contribution in [0.15, 0.2) is 0 Å². The number of unbranched alkanes of at least 4 members (excludes halogenated alkanes) is 1. The lowest BCUT2D eigenvalue weighted by molar-refractivity contribution is 0.0534. The Bertz CT molecular complexity index is 272. The van der Waals surface area contributed by atoms with Gasteiger partial charge in [0.05, 0.1) is 0 Å². The first kappa shape index (κ1) is 13.5. The molecular formula is C14H22F2. The van der Waals surface area contributed by atoms with E-state index in [0.29, 0.717) is 12.8 Å². The van der Waals surface area contributed by atoms with Gasteiger partial charge in [0.2, 0.25) is 0 Å². The molecule has 0 saturated heterocycles. The maximum Gasteiger partial charge on any atom is 0.308 e. The molecule has 0 radical (unpaired) electrons. The Hall–Kier alpha value is -0.580. The normalized spacial score (nSPS) is 29.5. The smallest absolute Gasteiger partial charge is 0.192 e. The van der Waals surface area contributed by atoms with Gasteiger partial charge >= 0.3 is 5.92 Å². The zero-order valence-corrected chi connectivity index (χ0v) is 10.4. The van der Waals surface area contributed by atoms with Gasteiger partial charge in [0.25, 0.3) is 0 Å². The second-order valence-corrected chi connectivity index (χ2v) is 5.30. The summed E-state index contributed by atoms with van der Waals surface area (Å²) in [7, 11) is 0. The third-order valence-corrected chi connectivity index (χ3v) is 3.44. The minimum atomic E-state index is -2.75. The fourth-order valence-electron chi connectivity index (χ4n) is 2.25. The maximum atomic E-state index is 13.2. The van der Waals surface area contributed by atoms with E-state index in [9.17, 15) is 8.78 Å². The Morgan fingerprint density at radius 3 is 2.56 bits per heavy atom. The van der Waals surface area contributed by atoms with Crippen molar-refractivity contribution in [2.75, 3.05) is 0 Å². The summed E-state index contributed by atoms with van der Waals surface area (Å²) in [6, 6.07) is 0. The van der Waals surface area contributed by atoms with Crippen LogP contribution >= 0.6 is 0 Å². The molecule has 1 aliphatic rings. The summed E-state index contributed by atoms with van der Waals surface area (Å²) >= 11 is 0. The van der Waals surface area contributed by atoms with Gasteiger partial charge in [0, 0.05) is 12.8 Å². The highest BCUT2D eigenvalue weighted by Crippen LogP contribution is 2.36. The summed E-state index contributed by atoms with van der Waals surface area (Å²) in [5.74, 6) is 2.11. The van der Waals surface area contributed by atoms with E-state index in [1.165, 1.54) is 12.8 Å². The molecule has 2 heteroatoms. The van der Waals surface area contributed by atoms with Crippen molar-refractivity contribution in [1.82, 2.24) is 0 Å². The monoisotopic (exact) mass is 228 g/mol. The van der Waals surface area contributed by atoms with Crippen LogP contribution < -0.4 is 0 Å². The molecule has 0 amide bonds. The first-order valence-corrected chi connectivity index (χ1v) is 6.35. The molecule has 1 aliphatic carbocycles. The molecule has 0 bridgehead atoms. The van der Waals surface area contributed by atoms with Crippen molar-refractivity contribution in [2.45, 2.75) is 71.1 Å². The molecule has 0 nitrogen and oxygen atoms in total. The molecule has 0 N–H and O–H groups in total. The van der Waals surface area contributed by atoms with Crippen molar-refractivity contribution >= 4 is 0 Å². The maximum absolute atomic E-state index is 13.2. The Balaban J connectivity index is 2.64. The topological polar surface area (TPSA) is 0 Å². The second-order valence-electron chi connectivity index (χ2n) is 5.30. The van der Waals surface area contributed by atoms with Gasteiger partial charge in [-0.1, -0.05) is 39.0 Å². The Morgan fingerprint density at radius 2 is 1.88 bits per heavy atom. The molecule has 16 heavy (non-hydrogen) atoms. The molecule has 0 aromatic heterocycles. The van der Waals surface area contributed by atoms with Crippen molar-refractivity contribution in [3.05, 3.63) is 0 Å². The second kappa shape index (κ2) is 5.66. The van der Waals surface area contributed by atoms with E-state index < -0.39 is 5.92 Å². The van der Waals surface area contributed by atoms with E-state index in [1.807, 2.05) is 0 Å². The van der Waals surface area contributed by atoms with Gasteiger partial charge in [-0.15, -0.1) is 0 Å². The highest BCUT2D eigenvalue weighted by Gasteiger charge is 2.29. The lowest BCUT2D eigenvalue weighted by Crippen LogP contribution is -2.15. The summed E-state index contributed by atoms with van der Waals surface area (Å²) in [6.07, 6.45) is 6.56. The first-order chi connectivity index (χ1) is 7.47. The first-order valence-electron chi connectivity index (χ1n) is 6.35. The van der Waals surface area contributed by atoms with Gasteiger partial charge in [-0.25, -0.2) is 0 Å². The average Bonchev–Trinajstić information content (AvgIpc) is 2.27. The lowest BCUT2D eigenvalue weighted by atomic mass is 9.78. The Labute approximate surface area is 97.8 Å². The molecule has 1 atom stereocenters. The van der Waals surface area contributed by atoms with Crippen LogP contribution in [0.5, 0.6) is 0 Å². The summed E-state index contributed by atoms with van der Waals surface area (Å²) in [5, 5.41) is 0. The number of alkyl halides is 2. The number of hydrogen-bond donors (Lipinski definition) is 0. The largest absolute Gasteiger partial charge is 0.308 e. The highest BCUT2D eigenvalue weighted by atomic mass is 19.3. The highest BCUT2D eigenvalue weighted by molar-refractivity contribution is 5.11. The lowest BCUT2D eigenvalue weighted by Gasteiger charge is -2.27. The van der Waals surface area contributed by atoms with E-state index in [-0.39, 0.29) is 11.8 Å². The van der Waals surface area contributed by atoms with E-state index >= 15 is 0 Å². The van der Waals surface area contributed by atoms with Crippen LogP contribution in [0.25, 0.3) is 0 Å². The minimum absolute atomic E-state index is 0.0656. The summed E-state index contributed by atoms with van der Waals surface area (Å²) in [4.78, 5) is 0. The number of hydrogen-bond acceptors (Lipinski definition) is 0. The predicted octanol–water partition coefficient (Wildman–Crippen LogP) is 4.79. The third kappa shape index (κ3) is 4.51. The molecule has 0 aromatic carbocycles. The van der Waals surface area contributed by atoms with Gasteiger partial charge in [0.1, 0.15) is 0 Å². The van der Waals surface area contributed by atoms with Crippen LogP contribution in [0.3, 0.4) is 0 Å². The molecule has 0 spiro atoms. The SMILES string of the molecule is CCCCC1(C)CC#CC(F)(F)CCCC1. The van der Waals surface area contributed by atoms with Gasteiger partial charge in [-0.3, -0.25) is 0 Å². The average molecular weight is 228 g/mol. The van der Waals surface area contributed by atoms with Crippen molar-refractivity contribution < 1.29 is 8.78 Å². The molecule has 0 heterocycles. The molecule has 1 unspecified atom stereocenters. The van der Waals surface area contributed by atoms with Gasteiger partial charge < -0.3 is 0 Å². The molecular weight excluding hydrogens is 206 g/mol. The van der Waals surface area contributed by atoms with Crippen molar-refractivity contribution in [1.29, 1.82) is 0 Å². The van der Waals surface area contributed by atoms with Gasteiger partial charge in [-0.2, -0.15) is 8.78 Å². The standard InChI is InChI=1S/C14H22F2/c1-3-4-8-13(2)9-5-6-11-14(15,16)12-7-10-13/h3-6,8-11H2,1-2H3. The Morgan fingerprint density at radius 1 is 1.19 bits per heavy atom. The predicted molar refractivity (Wildman–Crippen MR) is 63.4 cm³/mol. The summed E-state index contributed by atoms with van der Waals surface area (Å²) < 4.78 is 26.3. The fourth-order valence-corrected chi connectivity index (χ4v) is 2.25. The Kier molecular flexibility index (Phi) is 4.77. The quantitative estimate of drug-likeness (QED) is 0.609. The molecule has 0 aliphatic heterocycles. The van der Waals surface area contributed by atoms with E-state index in [1.54, 1.807) is 0 Å². The van der Waals surface area contributed by atoms with E-state index in [4.69, 9.17) is 0 Å². The van der Waals surface area contributed by atoms with Crippen LogP contribution in [0.4, 0.5) is 8.78 Å². The van der Waals surface area contributed by atoms with E-state index in [0.717, 1.165) is 19.3 Å². The molecule has 0 fully saturated rings. The van der Waals surface area contributed by atoms with Crippen LogP contribution in [0.1, 0.15) is 65.2 Å². The van der Waals surface area contributed by atoms with Crippen molar-refractivity contribution in [2.24, 2.45) is 5.41 Å². The zero-order valence-electron chi connectivity index (χ0n) is 10.4. The van der Waals surface area contributed by atoms with Gasteiger partial charge in [0.15, 0.2) is 0 Å². The van der Waals surface area contributed by atoms with Crippen LogP contribution in [0.2, 0.25) is 0 Å². The zero-order chi connectivity index (χ0) is 12.1. The number of halogens is 2. The van der Waals surface area contributed by atoms with Crippen LogP contribution in [-0.4, -0.2) is 5.92 Å². The number of rotatable bonds is 3. The van der Waals surface area contributed by atoms with Crippen molar-refractivity contribution in [3.8, 4) is 11.8 Å². The fraction of sp³-hybridized carbons (Fsp3) is 0.857. The summed E-state index contributed by atoms with van der Waals surface area (Å²) in [5.41, 5.74) is 0.156. The van der Waals surface area contributed by atoms with E-state index in [2.05, 4.69) is 25.7 Å². The van der Waals surface area contributed by atoms with Gasteiger partial charge in [-0.05, 0) is 30.6 Å². The minimum Gasteiger partial charge on any atom is -0.192 e. The molecule has 92 valence electrons. The third-order valence-electron chi connectivity index (χ3n) is 3.44. The molecule has 1 rings (SSSR count). The molecule has 0 saturated carbocycles. The van der Waals surface area contributed by atoms with Crippen LogP contribution in [-0.2, 0) is 0 Å². The summed E-state index contributed by atoms with van der Waals surface area (Å²) in [6.45, 7) is 4.36.